The van der Waals surface area contributed by atoms with Gasteiger partial charge in [-0.3, -0.25) is 4.79 Å². The molecule has 1 unspecified atom stereocenters. The van der Waals surface area contributed by atoms with Crippen molar-refractivity contribution in [2.24, 2.45) is 5.92 Å². The number of rotatable bonds is 8. The largest absolute Gasteiger partial charge is 0.300 e. The minimum Gasteiger partial charge on any atom is -0.300 e. The summed E-state index contributed by atoms with van der Waals surface area (Å²) in [5.41, 5.74) is 0. The highest BCUT2D eigenvalue weighted by Gasteiger charge is 2.18. The Hall–Kier alpha value is -0.330. The minimum absolute atomic E-state index is 0.513. The maximum absolute atomic E-state index is 11.3. The summed E-state index contributed by atoms with van der Waals surface area (Å²) in [5, 5.41) is 0. The highest BCUT2D eigenvalue weighted by atomic mass is 16.1. The average Bonchev–Trinajstić information content (AvgIpc) is 2.28. The van der Waals surface area contributed by atoms with Gasteiger partial charge in [0.25, 0.3) is 0 Å². The van der Waals surface area contributed by atoms with E-state index in [0.717, 1.165) is 25.2 Å². The molecule has 0 saturated heterocycles. The molecule has 1 saturated carbocycles. The summed E-state index contributed by atoms with van der Waals surface area (Å²) in [6.07, 6.45) is 15.2. The fourth-order valence-electron chi connectivity index (χ4n) is 2.75. The zero-order chi connectivity index (χ0) is 11.6. The number of ketones is 1. The summed E-state index contributed by atoms with van der Waals surface area (Å²) in [6.45, 7) is 2.26. The average molecular weight is 224 g/mol. The summed E-state index contributed by atoms with van der Waals surface area (Å²) in [7, 11) is 0. The Labute approximate surface area is 101 Å². The van der Waals surface area contributed by atoms with E-state index in [0.29, 0.717) is 5.78 Å². The summed E-state index contributed by atoms with van der Waals surface area (Å²) >= 11 is 0. The first-order chi connectivity index (χ1) is 7.83. The molecule has 1 heteroatoms. The van der Waals surface area contributed by atoms with Crippen LogP contribution < -0.4 is 0 Å². The molecule has 0 aromatic rings. The molecule has 0 amide bonds. The van der Waals surface area contributed by atoms with Gasteiger partial charge in [-0.2, -0.15) is 0 Å². The van der Waals surface area contributed by atoms with Crippen molar-refractivity contribution in [2.75, 3.05) is 0 Å². The summed E-state index contributed by atoms with van der Waals surface area (Å²) in [5.74, 6) is 1.25. The topological polar surface area (TPSA) is 17.1 Å². The third-order valence-electron chi connectivity index (χ3n) is 3.80. The van der Waals surface area contributed by atoms with Crippen molar-refractivity contribution in [1.82, 2.24) is 0 Å². The molecule has 1 fully saturated rings. The molecule has 1 rings (SSSR count). The van der Waals surface area contributed by atoms with Gasteiger partial charge in [-0.25, -0.2) is 0 Å². The lowest BCUT2D eigenvalue weighted by Gasteiger charge is -2.20. The number of carbonyl (C=O) groups is 1. The quantitative estimate of drug-likeness (QED) is 0.537. The van der Waals surface area contributed by atoms with Crippen molar-refractivity contribution in [3.8, 4) is 0 Å². The van der Waals surface area contributed by atoms with Crippen LogP contribution in [0.2, 0.25) is 0 Å². The first-order valence-electron chi connectivity index (χ1n) is 7.34. The first kappa shape index (κ1) is 13.7. The molecule has 0 spiro atoms. The minimum atomic E-state index is 0.513. The van der Waals surface area contributed by atoms with Crippen molar-refractivity contribution in [3.63, 3.8) is 0 Å². The Morgan fingerprint density at radius 1 is 1.06 bits per heavy atom. The molecule has 0 aromatic carbocycles. The Morgan fingerprint density at radius 3 is 2.44 bits per heavy atom. The Morgan fingerprint density at radius 2 is 1.75 bits per heavy atom. The highest BCUT2D eigenvalue weighted by molar-refractivity contribution is 5.79. The Balaban J connectivity index is 1.88. The molecule has 0 heterocycles. The summed E-state index contributed by atoms with van der Waals surface area (Å²) in [4.78, 5) is 11.3. The second-order valence-electron chi connectivity index (χ2n) is 5.41. The van der Waals surface area contributed by atoms with E-state index < -0.39 is 0 Å². The van der Waals surface area contributed by atoms with Crippen LogP contribution in [0.25, 0.3) is 0 Å². The van der Waals surface area contributed by atoms with Crippen LogP contribution in [-0.4, -0.2) is 5.78 Å². The first-order valence-corrected chi connectivity index (χ1v) is 7.34. The summed E-state index contributed by atoms with van der Waals surface area (Å²) < 4.78 is 0. The molecule has 0 radical (unpaired) electrons. The predicted molar refractivity (Wildman–Crippen MR) is 69.6 cm³/mol. The lowest BCUT2D eigenvalue weighted by Crippen LogP contribution is -2.14. The van der Waals surface area contributed by atoms with Gasteiger partial charge in [0, 0.05) is 12.8 Å². The molecule has 1 aliphatic carbocycles. The maximum atomic E-state index is 11.3. The third kappa shape index (κ3) is 6.30. The predicted octanol–water partition coefficient (Wildman–Crippen LogP) is 4.89. The van der Waals surface area contributed by atoms with Crippen LogP contribution in [0.15, 0.2) is 0 Å². The lowest BCUT2D eigenvalue weighted by molar-refractivity contribution is -0.121. The van der Waals surface area contributed by atoms with Crippen LogP contribution in [0.4, 0.5) is 0 Å². The van der Waals surface area contributed by atoms with Crippen molar-refractivity contribution >= 4 is 5.78 Å². The maximum Gasteiger partial charge on any atom is 0.133 e. The molecule has 0 N–H and O–H groups in total. The van der Waals surface area contributed by atoms with Gasteiger partial charge in [0.15, 0.2) is 0 Å². The van der Waals surface area contributed by atoms with E-state index in [2.05, 4.69) is 6.92 Å². The van der Waals surface area contributed by atoms with E-state index >= 15 is 0 Å². The molecule has 1 atom stereocenters. The number of hydrogen-bond acceptors (Lipinski definition) is 1. The zero-order valence-electron chi connectivity index (χ0n) is 11.0. The van der Waals surface area contributed by atoms with Crippen molar-refractivity contribution in [3.05, 3.63) is 0 Å². The Kier molecular flexibility index (Phi) is 7.54. The summed E-state index contributed by atoms with van der Waals surface area (Å²) in [6, 6.07) is 0. The van der Waals surface area contributed by atoms with E-state index in [1.165, 1.54) is 57.8 Å². The molecule has 1 nitrogen and oxygen atoms in total. The molecule has 1 aliphatic rings. The monoisotopic (exact) mass is 224 g/mol. The Bertz CT molecular complexity index is 186. The lowest BCUT2D eigenvalue weighted by atomic mass is 9.85. The van der Waals surface area contributed by atoms with Gasteiger partial charge in [-0.1, -0.05) is 58.3 Å². The SMILES string of the molecule is CCCCCCCCCC1CCCC(=O)C1. The van der Waals surface area contributed by atoms with Crippen molar-refractivity contribution in [2.45, 2.75) is 84.0 Å². The van der Waals surface area contributed by atoms with E-state index in [9.17, 15) is 4.79 Å². The fourth-order valence-corrected chi connectivity index (χ4v) is 2.75. The van der Waals surface area contributed by atoms with Gasteiger partial charge < -0.3 is 0 Å². The molecule has 0 bridgehead atoms. The van der Waals surface area contributed by atoms with Gasteiger partial charge in [-0.05, 0) is 18.8 Å². The van der Waals surface area contributed by atoms with E-state index in [1.54, 1.807) is 0 Å². The molecule has 0 aliphatic heterocycles. The van der Waals surface area contributed by atoms with Gasteiger partial charge in [0.05, 0.1) is 0 Å². The highest BCUT2D eigenvalue weighted by Crippen LogP contribution is 2.26. The molecule has 94 valence electrons. The second-order valence-corrected chi connectivity index (χ2v) is 5.41. The van der Waals surface area contributed by atoms with Gasteiger partial charge in [0.2, 0.25) is 0 Å². The second kappa shape index (κ2) is 8.78. The van der Waals surface area contributed by atoms with Crippen LogP contribution >= 0.6 is 0 Å². The van der Waals surface area contributed by atoms with Crippen LogP contribution in [0, 0.1) is 5.92 Å². The number of unbranched alkanes of at least 4 members (excludes halogenated alkanes) is 6. The van der Waals surface area contributed by atoms with Crippen LogP contribution in [0.3, 0.4) is 0 Å². The fraction of sp³-hybridized carbons (Fsp3) is 0.933. The van der Waals surface area contributed by atoms with Crippen molar-refractivity contribution in [1.29, 1.82) is 0 Å². The standard InChI is InChI=1S/C15H28O/c1-2-3-4-5-6-7-8-10-14-11-9-12-15(16)13-14/h14H,2-13H2,1H3. The molecular formula is C15H28O. The number of hydrogen-bond donors (Lipinski definition) is 0. The van der Waals surface area contributed by atoms with Crippen LogP contribution in [0.5, 0.6) is 0 Å². The van der Waals surface area contributed by atoms with Gasteiger partial charge in [0.1, 0.15) is 5.78 Å². The van der Waals surface area contributed by atoms with Crippen LogP contribution in [-0.2, 0) is 4.79 Å². The van der Waals surface area contributed by atoms with Crippen LogP contribution in [0.1, 0.15) is 84.0 Å². The number of Topliss-reactive ketones (excluding diaryl/α,β-unsaturated/α-hetero) is 1. The molecule has 16 heavy (non-hydrogen) atoms. The zero-order valence-corrected chi connectivity index (χ0v) is 11.0. The van der Waals surface area contributed by atoms with Gasteiger partial charge >= 0.3 is 0 Å². The van der Waals surface area contributed by atoms with Crippen molar-refractivity contribution < 1.29 is 4.79 Å². The molecular weight excluding hydrogens is 196 g/mol. The van der Waals surface area contributed by atoms with Gasteiger partial charge in [-0.15, -0.1) is 0 Å². The third-order valence-corrected chi connectivity index (χ3v) is 3.80. The smallest absolute Gasteiger partial charge is 0.133 e. The van der Waals surface area contributed by atoms with E-state index in [-0.39, 0.29) is 0 Å². The number of carbonyl (C=O) groups excluding carboxylic acids is 1. The molecule has 0 aromatic heterocycles. The van der Waals surface area contributed by atoms with E-state index in [1.807, 2.05) is 0 Å². The van der Waals surface area contributed by atoms with E-state index in [4.69, 9.17) is 0 Å². The normalized spacial score (nSPS) is 21.3.